The normalized spacial score (nSPS) is 14.0. The van der Waals surface area contributed by atoms with Gasteiger partial charge in [-0.15, -0.1) is 11.3 Å². The quantitative estimate of drug-likeness (QED) is 0.632. The van der Waals surface area contributed by atoms with Gasteiger partial charge in [-0.3, -0.25) is 4.79 Å². The first kappa shape index (κ1) is 16.7. The second-order valence-corrected chi connectivity index (χ2v) is 8.18. The van der Waals surface area contributed by atoms with E-state index in [0.29, 0.717) is 18.2 Å². The predicted molar refractivity (Wildman–Crippen MR) is 105 cm³/mol. The molecule has 4 rings (SSSR count). The number of nitrogens with zero attached hydrogens (tertiary/aromatic N) is 1. The number of thiophene rings is 1. The molecule has 0 spiro atoms. The maximum atomic E-state index is 12.7. The second kappa shape index (κ2) is 6.84. The van der Waals surface area contributed by atoms with E-state index < -0.39 is 0 Å². The van der Waals surface area contributed by atoms with E-state index in [4.69, 9.17) is 4.74 Å². The molecule has 1 aromatic carbocycles. The fourth-order valence-corrected chi connectivity index (χ4v) is 4.68. The number of hydrogen-bond donors (Lipinski definition) is 1. The summed E-state index contributed by atoms with van der Waals surface area (Å²) in [7, 11) is 1.67. The Bertz CT molecular complexity index is 927. The molecule has 4 nitrogen and oxygen atoms in total. The van der Waals surface area contributed by atoms with Crippen molar-refractivity contribution in [2.24, 2.45) is 5.92 Å². The second-order valence-electron chi connectivity index (χ2n) is 6.42. The lowest BCUT2D eigenvalue weighted by atomic mass is 10.2. The maximum absolute atomic E-state index is 12.7. The minimum atomic E-state index is 0.00472. The van der Waals surface area contributed by atoms with E-state index in [-0.39, 0.29) is 5.91 Å². The third-order valence-corrected chi connectivity index (χ3v) is 6.36. The van der Waals surface area contributed by atoms with Crippen LogP contribution in [0.15, 0.2) is 40.2 Å². The zero-order valence-electron chi connectivity index (χ0n) is 13.9. The number of aromatic nitrogens is 1. The number of benzene rings is 1. The largest absolute Gasteiger partial charge is 0.497 e. The van der Waals surface area contributed by atoms with Gasteiger partial charge < -0.3 is 14.6 Å². The number of carbonyl (C=O) groups is 1. The average molecular weight is 419 g/mol. The van der Waals surface area contributed by atoms with Gasteiger partial charge in [0.25, 0.3) is 5.91 Å². The monoisotopic (exact) mass is 418 g/mol. The summed E-state index contributed by atoms with van der Waals surface area (Å²) in [4.78, 5) is 12.7. The van der Waals surface area contributed by atoms with Crippen LogP contribution in [0.4, 0.5) is 0 Å². The number of ether oxygens (including phenoxy) is 1. The van der Waals surface area contributed by atoms with Crippen LogP contribution in [0, 0.1) is 5.92 Å². The first-order valence-electron chi connectivity index (χ1n) is 8.33. The van der Waals surface area contributed by atoms with Crippen LogP contribution < -0.4 is 10.1 Å². The predicted octanol–water partition coefficient (Wildman–Crippen LogP) is 4.66. The number of methoxy groups -OCH3 is 1. The molecule has 0 aliphatic heterocycles. The first-order valence-corrected chi connectivity index (χ1v) is 10.0. The first-order chi connectivity index (χ1) is 12.2. The molecule has 2 heterocycles. The topological polar surface area (TPSA) is 43.3 Å². The molecule has 1 fully saturated rings. The van der Waals surface area contributed by atoms with Gasteiger partial charge in [0.1, 0.15) is 11.4 Å². The van der Waals surface area contributed by atoms with Crippen molar-refractivity contribution in [2.45, 2.75) is 19.4 Å². The summed E-state index contributed by atoms with van der Waals surface area (Å²) >= 11 is 5.28. The Hall–Kier alpha value is -1.79. The van der Waals surface area contributed by atoms with Gasteiger partial charge in [-0.05, 0) is 58.5 Å². The third kappa shape index (κ3) is 3.46. The minimum absolute atomic E-state index is 0.00472. The summed E-state index contributed by atoms with van der Waals surface area (Å²) in [6, 6.07) is 9.97. The molecule has 0 atom stereocenters. The SMILES string of the molecule is COc1cccc(Cn2c(C(=O)NCC3CC3)cc3scc(Br)c32)c1. The molecule has 1 aliphatic carbocycles. The fraction of sp³-hybridized carbons (Fsp3) is 0.316. The van der Waals surface area contributed by atoms with Crippen molar-refractivity contribution in [2.75, 3.05) is 13.7 Å². The summed E-state index contributed by atoms with van der Waals surface area (Å²) in [5.74, 6) is 1.49. The average Bonchev–Trinajstić information content (AvgIpc) is 3.29. The van der Waals surface area contributed by atoms with Crippen molar-refractivity contribution < 1.29 is 9.53 Å². The number of nitrogens with one attached hydrogen (secondary N) is 1. The van der Waals surface area contributed by atoms with Crippen LogP contribution in [-0.2, 0) is 6.54 Å². The molecule has 3 aromatic rings. The molecule has 1 amide bonds. The molecular formula is C19H19BrN2O2S. The fourth-order valence-electron chi connectivity index (χ4n) is 2.99. The Labute approximate surface area is 158 Å². The van der Waals surface area contributed by atoms with Crippen molar-refractivity contribution in [1.82, 2.24) is 9.88 Å². The molecule has 0 radical (unpaired) electrons. The number of carbonyl (C=O) groups excluding carboxylic acids is 1. The van der Waals surface area contributed by atoms with E-state index in [2.05, 4.69) is 37.3 Å². The highest BCUT2D eigenvalue weighted by molar-refractivity contribution is 9.10. The van der Waals surface area contributed by atoms with Crippen LogP contribution in [-0.4, -0.2) is 24.1 Å². The van der Waals surface area contributed by atoms with Crippen LogP contribution in [0.25, 0.3) is 10.2 Å². The van der Waals surface area contributed by atoms with Gasteiger partial charge in [0.15, 0.2) is 0 Å². The van der Waals surface area contributed by atoms with E-state index in [1.54, 1.807) is 18.4 Å². The van der Waals surface area contributed by atoms with Crippen LogP contribution in [0.2, 0.25) is 0 Å². The molecule has 0 saturated heterocycles. The summed E-state index contributed by atoms with van der Waals surface area (Å²) < 4.78 is 9.56. The molecule has 0 unspecified atom stereocenters. The van der Waals surface area contributed by atoms with E-state index >= 15 is 0 Å². The minimum Gasteiger partial charge on any atom is -0.497 e. The summed E-state index contributed by atoms with van der Waals surface area (Å²) in [6.07, 6.45) is 2.46. The van der Waals surface area contributed by atoms with Crippen molar-refractivity contribution in [3.8, 4) is 5.75 Å². The maximum Gasteiger partial charge on any atom is 0.267 e. The van der Waals surface area contributed by atoms with Gasteiger partial charge in [-0.1, -0.05) is 12.1 Å². The molecule has 6 heteroatoms. The Balaban J connectivity index is 1.69. The summed E-state index contributed by atoms with van der Waals surface area (Å²) in [5, 5.41) is 5.15. The van der Waals surface area contributed by atoms with Gasteiger partial charge in [0, 0.05) is 18.5 Å². The Kier molecular flexibility index (Phi) is 4.56. The van der Waals surface area contributed by atoms with Crippen molar-refractivity contribution >= 4 is 43.4 Å². The van der Waals surface area contributed by atoms with Crippen LogP contribution in [0.1, 0.15) is 28.9 Å². The number of hydrogen-bond acceptors (Lipinski definition) is 3. The Morgan fingerprint density at radius 3 is 3.00 bits per heavy atom. The number of rotatable bonds is 6. The molecule has 1 saturated carbocycles. The molecule has 1 aliphatic rings. The van der Waals surface area contributed by atoms with Gasteiger partial charge in [-0.25, -0.2) is 0 Å². The van der Waals surface area contributed by atoms with E-state index in [9.17, 15) is 4.79 Å². The van der Waals surface area contributed by atoms with Gasteiger partial charge in [0.05, 0.1) is 21.8 Å². The standard InChI is InChI=1S/C19H19BrN2O2S/c1-24-14-4-2-3-13(7-14)10-22-16(19(23)21-9-12-5-6-12)8-17-18(22)15(20)11-25-17/h2-4,7-8,11-12H,5-6,9-10H2,1H3,(H,21,23). The Morgan fingerprint density at radius 1 is 1.40 bits per heavy atom. The van der Waals surface area contributed by atoms with E-state index in [1.165, 1.54) is 12.8 Å². The van der Waals surface area contributed by atoms with Crippen molar-refractivity contribution in [3.63, 3.8) is 0 Å². The summed E-state index contributed by atoms with van der Waals surface area (Å²) in [6.45, 7) is 1.40. The van der Waals surface area contributed by atoms with Crippen molar-refractivity contribution in [1.29, 1.82) is 0 Å². The molecule has 2 aromatic heterocycles. The third-order valence-electron chi connectivity index (χ3n) is 4.53. The lowest BCUT2D eigenvalue weighted by molar-refractivity contribution is 0.0943. The highest BCUT2D eigenvalue weighted by atomic mass is 79.9. The van der Waals surface area contributed by atoms with Crippen LogP contribution in [0.5, 0.6) is 5.75 Å². The highest BCUT2D eigenvalue weighted by Gasteiger charge is 2.24. The van der Waals surface area contributed by atoms with Crippen LogP contribution in [0.3, 0.4) is 0 Å². The smallest absolute Gasteiger partial charge is 0.267 e. The number of halogens is 1. The zero-order chi connectivity index (χ0) is 17.4. The van der Waals surface area contributed by atoms with Crippen molar-refractivity contribution in [3.05, 3.63) is 51.4 Å². The number of amides is 1. The Morgan fingerprint density at radius 2 is 2.24 bits per heavy atom. The highest BCUT2D eigenvalue weighted by Crippen LogP contribution is 2.34. The lowest BCUT2D eigenvalue weighted by Gasteiger charge is -2.12. The zero-order valence-corrected chi connectivity index (χ0v) is 16.3. The van der Waals surface area contributed by atoms with Crippen LogP contribution >= 0.6 is 27.3 Å². The van der Waals surface area contributed by atoms with Gasteiger partial charge in [0.2, 0.25) is 0 Å². The van der Waals surface area contributed by atoms with E-state index in [0.717, 1.165) is 32.5 Å². The number of fused-ring (bicyclic) bond motifs is 1. The lowest BCUT2D eigenvalue weighted by Crippen LogP contribution is -2.28. The molecule has 0 bridgehead atoms. The molecule has 130 valence electrons. The summed E-state index contributed by atoms with van der Waals surface area (Å²) in [5.41, 5.74) is 2.89. The molecule has 1 N–H and O–H groups in total. The molecule has 25 heavy (non-hydrogen) atoms. The van der Waals surface area contributed by atoms with E-state index in [1.807, 2.05) is 24.3 Å². The van der Waals surface area contributed by atoms with Gasteiger partial charge >= 0.3 is 0 Å². The van der Waals surface area contributed by atoms with Gasteiger partial charge in [-0.2, -0.15) is 0 Å². The molecular weight excluding hydrogens is 400 g/mol.